The van der Waals surface area contributed by atoms with Crippen molar-refractivity contribution in [1.29, 1.82) is 0 Å². The molecule has 0 spiro atoms. The molecule has 0 aliphatic heterocycles. The highest BCUT2D eigenvalue weighted by molar-refractivity contribution is 6.45. The normalized spacial score (nSPS) is 10.8. The average Bonchev–Trinajstić information content (AvgIpc) is 2.72. The highest BCUT2D eigenvalue weighted by atomic mass is 19.3. The van der Waals surface area contributed by atoms with Crippen molar-refractivity contribution in [2.75, 3.05) is 14.2 Å². The van der Waals surface area contributed by atoms with E-state index < -0.39 is 12.0 Å². The van der Waals surface area contributed by atoms with Gasteiger partial charge in [0.15, 0.2) is 5.71 Å². The standard InChI is InChI=1S/C21H21F2N3O3/c1-14(16-10-8-15(9-11-16)12-19(22)23)25-29-13-17-6-4-5-7-18(17)20(26-28-3)21(27)24-2/h4-12,25H,1,13H2,2-3H3,(H,24,27). The largest absolute Gasteiger partial charge is 0.398 e. The Morgan fingerprint density at radius 1 is 1.17 bits per heavy atom. The summed E-state index contributed by atoms with van der Waals surface area (Å²) in [6, 6.07) is 13.5. The summed E-state index contributed by atoms with van der Waals surface area (Å²) >= 11 is 0. The fourth-order valence-corrected chi connectivity index (χ4v) is 2.47. The van der Waals surface area contributed by atoms with Crippen molar-refractivity contribution in [1.82, 2.24) is 10.8 Å². The third kappa shape index (κ3) is 6.25. The highest BCUT2D eigenvalue weighted by Gasteiger charge is 2.17. The molecule has 0 heterocycles. The first-order valence-electron chi connectivity index (χ1n) is 8.57. The summed E-state index contributed by atoms with van der Waals surface area (Å²) in [5.41, 5.74) is 5.62. The predicted octanol–water partition coefficient (Wildman–Crippen LogP) is 3.71. The number of carbonyl (C=O) groups excluding carboxylic acids is 1. The third-order valence-electron chi connectivity index (χ3n) is 3.86. The minimum atomic E-state index is -1.76. The molecule has 152 valence electrons. The number of carbonyl (C=O) groups is 1. The molecule has 0 saturated carbocycles. The Labute approximate surface area is 167 Å². The van der Waals surface area contributed by atoms with Crippen LogP contribution in [0.15, 0.2) is 66.3 Å². The zero-order valence-electron chi connectivity index (χ0n) is 16.0. The number of nitrogens with one attached hydrogen (secondary N) is 2. The summed E-state index contributed by atoms with van der Waals surface area (Å²) in [7, 11) is 2.86. The van der Waals surface area contributed by atoms with Crippen LogP contribution >= 0.6 is 0 Å². The molecule has 0 aliphatic carbocycles. The molecule has 29 heavy (non-hydrogen) atoms. The molecule has 0 unspecified atom stereocenters. The van der Waals surface area contributed by atoms with E-state index in [1.54, 1.807) is 42.5 Å². The number of oxime groups is 1. The molecule has 0 aromatic heterocycles. The van der Waals surface area contributed by atoms with E-state index in [1.165, 1.54) is 14.2 Å². The van der Waals surface area contributed by atoms with Crippen molar-refractivity contribution in [2.24, 2.45) is 5.16 Å². The van der Waals surface area contributed by atoms with Crippen molar-refractivity contribution in [3.63, 3.8) is 0 Å². The fraction of sp³-hybridized carbons (Fsp3) is 0.143. The second kappa shape index (κ2) is 10.7. The van der Waals surface area contributed by atoms with E-state index in [4.69, 9.17) is 9.68 Å². The number of benzene rings is 2. The number of nitrogens with zero attached hydrogens (tertiary/aromatic N) is 1. The van der Waals surface area contributed by atoms with Gasteiger partial charge in [0.1, 0.15) is 13.7 Å². The van der Waals surface area contributed by atoms with E-state index in [0.29, 0.717) is 28.0 Å². The summed E-state index contributed by atoms with van der Waals surface area (Å²) in [5, 5.41) is 6.31. The molecule has 2 rings (SSSR count). The first-order chi connectivity index (χ1) is 14.0. The SMILES string of the molecule is C=C(NOCc1ccccc1C(=NOC)C(=O)NC)c1ccc(C=C(F)F)cc1. The molecule has 0 atom stereocenters. The Hall–Kier alpha value is -3.52. The van der Waals surface area contributed by atoms with Crippen LogP contribution in [0.4, 0.5) is 8.78 Å². The van der Waals surface area contributed by atoms with Gasteiger partial charge in [-0.2, -0.15) is 8.78 Å². The van der Waals surface area contributed by atoms with Crippen LogP contribution in [0, 0.1) is 0 Å². The molecule has 0 aliphatic rings. The lowest BCUT2D eigenvalue weighted by atomic mass is 10.0. The molecule has 1 amide bonds. The van der Waals surface area contributed by atoms with Crippen LogP contribution in [0.5, 0.6) is 0 Å². The smallest absolute Gasteiger partial charge is 0.273 e. The molecular weight excluding hydrogens is 380 g/mol. The first kappa shape index (κ1) is 21.8. The maximum Gasteiger partial charge on any atom is 0.273 e. The van der Waals surface area contributed by atoms with E-state index in [9.17, 15) is 13.6 Å². The second-order valence-corrected chi connectivity index (χ2v) is 5.78. The van der Waals surface area contributed by atoms with Crippen molar-refractivity contribution < 1.29 is 23.3 Å². The predicted molar refractivity (Wildman–Crippen MR) is 108 cm³/mol. The minimum absolute atomic E-state index is 0.114. The van der Waals surface area contributed by atoms with Crippen LogP contribution in [0.2, 0.25) is 0 Å². The molecule has 0 saturated heterocycles. The Morgan fingerprint density at radius 3 is 2.48 bits per heavy atom. The average molecular weight is 401 g/mol. The monoisotopic (exact) mass is 401 g/mol. The summed E-state index contributed by atoms with van der Waals surface area (Å²) in [5.74, 6) is -0.393. The van der Waals surface area contributed by atoms with Gasteiger partial charge in [-0.1, -0.05) is 60.3 Å². The van der Waals surface area contributed by atoms with Crippen LogP contribution in [0.25, 0.3) is 11.8 Å². The Kier molecular flexibility index (Phi) is 8.05. The van der Waals surface area contributed by atoms with E-state index in [1.807, 2.05) is 6.07 Å². The van der Waals surface area contributed by atoms with Crippen molar-refractivity contribution in [2.45, 2.75) is 6.61 Å². The lowest BCUT2D eigenvalue weighted by molar-refractivity contribution is -0.114. The quantitative estimate of drug-likeness (QED) is 0.496. The number of hydroxylamine groups is 1. The molecule has 0 radical (unpaired) electrons. The molecule has 8 heteroatoms. The third-order valence-corrected chi connectivity index (χ3v) is 3.86. The summed E-state index contributed by atoms with van der Waals surface area (Å²) in [6.07, 6.45) is -0.983. The van der Waals surface area contributed by atoms with Crippen molar-refractivity contribution in [3.8, 4) is 0 Å². The number of rotatable bonds is 9. The lowest BCUT2D eigenvalue weighted by Gasteiger charge is -2.13. The zero-order valence-corrected chi connectivity index (χ0v) is 16.0. The van der Waals surface area contributed by atoms with Gasteiger partial charge >= 0.3 is 0 Å². The van der Waals surface area contributed by atoms with Gasteiger partial charge in [-0.3, -0.25) is 15.1 Å². The molecule has 0 bridgehead atoms. The van der Waals surface area contributed by atoms with Gasteiger partial charge in [0.2, 0.25) is 0 Å². The fourth-order valence-electron chi connectivity index (χ4n) is 2.47. The van der Waals surface area contributed by atoms with Crippen molar-refractivity contribution >= 4 is 23.4 Å². The van der Waals surface area contributed by atoms with E-state index in [2.05, 4.69) is 22.5 Å². The molecule has 2 aromatic rings. The van der Waals surface area contributed by atoms with Crippen LogP contribution in [0.3, 0.4) is 0 Å². The van der Waals surface area contributed by atoms with Gasteiger partial charge in [0.05, 0.1) is 5.70 Å². The topological polar surface area (TPSA) is 71.9 Å². The second-order valence-electron chi connectivity index (χ2n) is 5.78. The number of halogens is 2. The van der Waals surface area contributed by atoms with Crippen LogP contribution in [0.1, 0.15) is 22.3 Å². The highest BCUT2D eigenvalue weighted by Crippen LogP contribution is 2.16. The van der Waals surface area contributed by atoms with Gasteiger partial charge < -0.3 is 10.2 Å². The van der Waals surface area contributed by atoms with E-state index in [-0.39, 0.29) is 12.3 Å². The lowest BCUT2D eigenvalue weighted by Crippen LogP contribution is -2.29. The summed E-state index contributed by atoms with van der Waals surface area (Å²) in [6.45, 7) is 3.98. The number of hydrogen-bond acceptors (Lipinski definition) is 5. The summed E-state index contributed by atoms with van der Waals surface area (Å²) in [4.78, 5) is 22.4. The van der Waals surface area contributed by atoms with Crippen molar-refractivity contribution in [3.05, 3.63) is 83.4 Å². The molecule has 6 nitrogen and oxygen atoms in total. The van der Waals surface area contributed by atoms with Gasteiger partial charge in [-0.05, 0) is 16.7 Å². The van der Waals surface area contributed by atoms with E-state index >= 15 is 0 Å². The first-order valence-corrected chi connectivity index (χ1v) is 8.57. The zero-order chi connectivity index (χ0) is 21.2. The maximum absolute atomic E-state index is 12.3. The number of amides is 1. The minimum Gasteiger partial charge on any atom is -0.398 e. The van der Waals surface area contributed by atoms with Crippen LogP contribution in [-0.4, -0.2) is 25.8 Å². The summed E-state index contributed by atoms with van der Waals surface area (Å²) < 4.78 is 24.6. The van der Waals surface area contributed by atoms with E-state index in [0.717, 1.165) is 6.08 Å². The van der Waals surface area contributed by atoms with Gasteiger partial charge in [-0.15, -0.1) is 0 Å². The van der Waals surface area contributed by atoms with Gasteiger partial charge in [0.25, 0.3) is 12.0 Å². The number of likely N-dealkylation sites (N-methyl/N-ethyl adjacent to an activating group) is 1. The van der Waals surface area contributed by atoms with Gasteiger partial charge in [-0.25, -0.2) is 0 Å². The maximum atomic E-state index is 12.3. The van der Waals surface area contributed by atoms with Gasteiger partial charge in [0, 0.05) is 18.7 Å². The Morgan fingerprint density at radius 2 is 1.86 bits per heavy atom. The molecule has 0 fully saturated rings. The number of hydrogen-bond donors (Lipinski definition) is 2. The Balaban J connectivity index is 2.05. The molecule has 2 N–H and O–H groups in total. The molecule has 2 aromatic carbocycles. The van der Waals surface area contributed by atoms with Crippen LogP contribution < -0.4 is 10.8 Å². The molecular formula is C21H21F2N3O3. The van der Waals surface area contributed by atoms with Crippen LogP contribution in [-0.2, 0) is 21.1 Å². The Bertz CT molecular complexity index is 921.